The van der Waals surface area contributed by atoms with Gasteiger partial charge in [0.25, 0.3) is 11.6 Å². The Morgan fingerprint density at radius 1 is 1.33 bits per heavy atom. The van der Waals surface area contributed by atoms with Crippen LogP contribution in [0.15, 0.2) is 18.2 Å². The number of benzene rings is 1. The van der Waals surface area contributed by atoms with Crippen molar-refractivity contribution in [1.29, 1.82) is 0 Å². The van der Waals surface area contributed by atoms with Crippen LogP contribution in [0.3, 0.4) is 0 Å². The molecule has 0 saturated carbocycles. The van der Waals surface area contributed by atoms with Gasteiger partial charge in [-0.05, 0) is 39.2 Å². The number of rotatable bonds is 3. The van der Waals surface area contributed by atoms with Crippen LogP contribution < -0.4 is 5.32 Å². The molecule has 21 heavy (non-hydrogen) atoms. The summed E-state index contributed by atoms with van der Waals surface area (Å²) < 4.78 is 0. The van der Waals surface area contributed by atoms with E-state index in [9.17, 15) is 14.9 Å². The molecule has 2 rings (SSSR count). The van der Waals surface area contributed by atoms with E-state index < -0.39 is 4.92 Å². The first-order chi connectivity index (χ1) is 9.97. The number of amides is 1. The van der Waals surface area contributed by atoms with Crippen LogP contribution in [0.2, 0.25) is 0 Å². The molecule has 1 aliphatic rings. The van der Waals surface area contributed by atoms with Crippen LogP contribution in [0.5, 0.6) is 0 Å². The van der Waals surface area contributed by atoms with Gasteiger partial charge in [-0.25, -0.2) is 0 Å². The second-order valence-corrected chi connectivity index (χ2v) is 5.55. The molecule has 6 nitrogen and oxygen atoms in total. The van der Waals surface area contributed by atoms with Gasteiger partial charge >= 0.3 is 0 Å². The van der Waals surface area contributed by atoms with Crippen LogP contribution in [-0.4, -0.2) is 34.9 Å². The molecule has 1 N–H and O–H groups in total. The third kappa shape index (κ3) is 2.84. The lowest BCUT2D eigenvalue weighted by Gasteiger charge is -2.39. The number of nitro benzene ring substituents is 1. The Kier molecular flexibility index (Phi) is 4.45. The Hall–Kier alpha value is -2.11. The lowest BCUT2D eigenvalue weighted by molar-refractivity contribution is -0.384. The van der Waals surface area contributed by atoms with Gasteiger partial charge in [-0.3, -0.25) is 14.9 Å². The van der Waals surface area contributed by atoms with Crippen molar-refractivity contribution in [1.82, 2.24) is 4.90 Å². The highest BCUT2D eigenvalue weighted by molar-refractivity contribution is 6.02. The predicted octanol–water partition coefficient (Wildman–Crippen LogP) is 3.04. The fourth-order valence-corrected chi connectivity index (χ4v) is 3.09. The molecule has 1 aromatic rings. The van der Waals surface area contributed by atoms with Gasteiger partial charge < -0.3 is 10.2 Å². The number of hydrogen-bond acceptors (Lipinski definition) is 4. The normalized spacial score (nSPS) is 22.0. The van der Waals surface area contributed by atoms with Gasteiger partial charge in [0.05, 0.1) is 10.5 Å². The highest BCUT2D eigenvalue weighted by Gasteiger charge is 2.32. The maximum absolute atomic E-state index is 12.8. The second kappa shape index (κ2) is 6.11. The minimum absolute atomic E-state index is 0.0688. The Labute approximate surface area is 124 Å². The summed E-state index contributed by atoms with van der Waals surface area (Å²) in [6.45, 7) is 4.06. The van der Waals surface area contributed by atoms with Crippen molar-refractivity contribution < 1.29 is 9.72 Å². The standard InChI is InChI=1S/C15H21N3O3/c1-10-6-4-7-11(2)17(10)15(19)12-8-5-9-13(18(20)21)14(12)16-3/h5,8-11,16H,4,6-7H2,1-3H3. The summed E-state index contributed by atoms with van der Waals surface area (Å²) >= 11 is 0. The molecule has 0 aromatic heterocycles. The fraction of sp³-hybridized carbons (Fsp3) is 0.533. The van der Waals surface area contributed by atoms with Crippen LogP contribution in [-0.2, 0) is 0 Å². The minimum atomic E-state index is -0.467. The number of nitrogens with zero attached hydrogens (tertiary/aromatic N) is 2. The molecular formula is C15H21N3O3. The van der Waals surface area contributed by atoms with Gasteiger partial charge in [0, 0.05) is 25.2 Å². The zero-order chi connectivity index (χ0) is 15.6. The van der Waals surface area contributed by atoms with Gasteiger partial charge in [-0.1, -0.05) is 6.07 Å². The van der Waals surface area contributed by atoms with Crippen LogP contribution >= 0.6 is 0 Å². The monoisotopic (exact) mass is 291 g/mol. The SMILES string of the molecule is CNc1c(C(=O)N2C(C)CCCC2C)cccc1[N+](=O)[O-]. The molecule has 1 saturated heterocycles. The number of carbonyl (C=O) groups excluding carboxylic acids is 1. The molecule has 0 bridgehead atoms. The average Bonchev–Trinajstić information content (AvgIpc) is 2.45. The van der Waals surface area contributed by atoms with E-state index in [4.69, 9.17) is 0 Å². The van der Waals surface area contributed by atoms with Gasteiger partial charge in [0.15, 0.2) is 0 Å². The Morgan fingerprint density at radius 2 is 1.95 bits per heavy atom. The first-order valence-electron chi connectivity index (χ1n) is 7.25. The van der Waals surface area contributed by atoms with E-state index in [2.05, 4.69) is 5.32 Å². The van der Waals surface area contributed by atoms with Gasteiger partial charge in [0.2, 0.25) is 0 Å². The van der Waals surface area contributed by atoms with Crippen molar-refractivity contribution in [3.63, 3.8) is 0 Å². The molecule has 1 fully saturated rings. The summed E-state index contributed by atoms with van der Waals surface area (Å²) in [6.07, 6.45) is 3.06. The molecule has 1 aromatic carbocycles. The summed E-state index contributed by atoms with van der Waals surface area (Å²) in [6, 6.07) is 4.93. The average molecular weight is 291 g/mol. The highest BCUT2D eigenvalue weighted by atomic mass is 16.6. The minimum Gasteiger partial charge on any atom is -0.382 e. The van der Waals surface area contributed by atoms with E-state index in [-0.39, 0.29) is 29.4 Å². The van der Waals surface area contributed by atoms with Crippen molar-refractivity contribution >= 4 is 17.3 Å². The van der Waals surface area contributed by atoms with Crippen molar-refractivity contribution in [3.05, 3.63) is 33.9 Å². The first kappa shape index (κ1) is 15.3. The summed E-state index contributed by atoms with van der Waals surface area (Å²) in [4.78, 5) is 25.3. The maximum atomic E-state index is 12.8. The molecule has 2 unspecified atom stereocenters. The van der Waals surface area contributed by atoms with Crippen LogP contribution in [0.1, 0.15) is 43.5 Å². The van der Waals surface area contributed by atoms with Crippen molar-refractivity contribution in [2.75, 3.05) is 12.4 Å². The number of hydrogen-bond donors (Lipinski definition) is 1. The molecular weight excluding hydrogens is 270 g/mol. The Morgan fingerprint density at radius 3 is 2.48 bits per heavy atom. The van der Waals surface area contributed by atoms with Crippen molar-refractivity contribution in [2.45, 2.75) is 45.2 Å². The molecule has 114 valence electrons. The summed E-state index contributed by atoms with van der Waals surface area (Å²) in [7, 11) is 1.60. The molecule has 1 heterocycles. The molecule has 0 aliphatic carbocycles. The van der Waals surface area contributed by atoms with Crippen molar-refractivity contribution in [2.24, 2.45) is 0 Å². The molecule has 0 spiro atoms. The molecule has 1 amide bonds. The van der Waals surface area contributed by atoms with E-state index in [0.717, 1.165) is 19.3 Å². The lowest BCUT2D eigenvalue weighted by atomic mass is 9.96. The summed E-state index contributed by atoms with van der Waals surface area (Å²) in [5.41, 5.74) is 0.588. The number of carbonyl (C=O) groups is 1. The fourth-order valence-electron chi connectivity index (χ4n) is 3.09. The maximum Gasteiger partial charge on any atom is 0.293 e. The van der Waals surface area contributed by atoms with Crippen molar-refractivity contribution in [3.8, 4) is 0 Å². The number of nitrogens with one attached hydrogen (secondary N) is 1. The number of nitro groups is 1. The lowest BCUT2D eigenvalue weighted by Crippen LogP contribution is -2.47. The van der Waals surface area contributed by atoms with E-state index in [1.54, 1.807) is 19.2 Å². The Balaban J connectivity index is 2.43. The number of piperidine rings is 1. The van der Waals surface area contributed by atoms with Crippen LogP contribution in [0.4, 0.5) is 11.4 Å². The first-order valence-corrected chi connectivity index (χ1v) is 7.25. The smallest absolute Gasteiger partial charge is 0.293 e. The van der Waals surface area contributed by atoms with E-state index in [1.165, 1.54) is 6.07 Å². The summed E-state index contributed by atoms with van der Waals surface area (Å²) in [5.74, 6) is -0.136. The van der Waals surface area contributed by atoms with Gasteiger partial charge in [0.1, 0.15) is 5.69 Å². The van der Waals surface area contributed by atoms with E-state index in [1.807, 2.05) is 18.7 Å². The zero-order valence-corrected chi connectivity index (χ0v) is 12.6. The predicted molar refractivity (Wildman–Crippen MR) is 81.6 cm³/mol. The molecule has 0 radical (unpaired) electrons. The quantitative estimate of drug-likeness (QED) is 0.686. The second-order valence-electron chi connectivity index (χ2n) is 5.55. The molecule has 1 aliphatic heterocycles. The topological polar surface area (TPSA) is 75.5 Å². The van der Waals surface area contributed by atoms with Crippen LogP contribution in [0.25, 0.3) is 0 Å². The third-order valence-corrected chi connectivity index (χ3v) is 4.15. The van der Waals surface area contributed by atoms with E-state index in [0.29, 0.717) is 5.56 Å². The van der Waals surface area contributed by atoms with Gasteiger partial charge in [-0.15, -0.1) is 0 Å². The number of likely N-dealkylation sites (tertiary alicyclic amines) is 1. The Bertz CT molecular complexity index is 549. The van der Waals surface area contributed by atoms with E-state index >= 15 is 0 Å². The van der Waals surface area contributed by atoms with Gasteiger partial charge in [-0.2, -0.15) is 0 Å². The zero-order valence-electron chi connectivity index (χ0n) is 12.6. The number of para-hydroxylation sites is 1. The molecule has 2 atom stereocenters. The number of anilines is 1. The molecule has 6 heteroatoms. The summed E-state index contributed by atoms with van der Waals surface area (Å²) in [5, 5.41) is 13.9. The van der Waals surface area contributed by atoms with Crippen LogP contribution in [0, 0.1) is 10.1 Å². The largest absolute Gasteiger partial charge is 0.382 e. The third-order valence-electron chi connectivity index (χ3n) is 4.15. The highest BCUT2D eigenvalue weighted by Crippen LogP contribution is 2.31.